The van der Waals surface area contributed by atoms with Gasteiger partial charge in [-0.25, -0.2) is 0 Å². The molecule has 0 bridgehead atoms. The van der Waals surface area contributed by atoms with Crippen molar-refractivity contribution in [2.24, 2.45) is 0 Å². The summed E-state index contributed by atoms with van der Waals surface area (Å²) < 4.78 is 0. The quantitative estimate of drug-likeness (QED) is 0.708. The van der Waals surface area contributed by atoms with Gasteiger partial charge in [0.15, 0.2) is 0 Å². The van der Waals surface area contributed by atoms with E-state index in [0.717, 1.165) is 42.6 Å². The van der Waals surface area contributed by atoms with Crippen molar-refractivity contribution in [2.75, 3.05) is 58.9 Å². The van der Waals surface area contributed by atoms with Crippen LogP contribution in [0.2, 0.25) is 5.02 Å². The summed E-state index contributed by atoms with van der Waals surface area (Å²) in [6.45, 7) is 7.55. The highest BCUT2D eigenvalue weighted by Gasteiger charge is 2.27. The number of hydrogen-bond acceptors (Lipinski definition) is 5. The lowest BCUT2D eigenvalue weighted by atomic mass is 10.2. The van der Waals surface area contributed by atoms with E-state index in [1.165, 1.54) is 16.9 Å². The topological polar surface area (TPSA) is 47.1 Å². The molecule has 160 valence electrons. The minimum atomic E-state index is 0.0777. The molecule has 2 saturated heterocycles. The van der Waals surface area contributed by atoms with E-state index in [0.29, 0.717) is 32.7 Å². The Morgan fingerprint density at radius 3 is 2.10 bits per heavy atom. The third kappa shape index (κ3) is 5.40. The average Bonchev–Trinajstić information content (AvgIpc) is 3.31. The van der Waals surface area contributed by atoms with Crippen LogP contribution in [-0.4, -0.2) is 90.3 Å². The van der Waals surface area contributed by atoms with Crippen molar-refractivity contribution in [3.8, 4) is 0 Å². The van der Waals surface area contributed by atoms with E-state index in [1.807, 2.05) is 39.4 Å². The highest BCUT2D eigenvalue weighted by Crippen LogP contribution is 2.15. The third-order valence-corrected chi connectivity index (χ3v) is 6.90. The molecule has 2 aliphatic heterocycles. The normalized spacial score (nSPS) is 18.6. The SMILES string of the molecule is O=C(CN1CCN(Cc2ccc(Cl)cc2)CC1)N1CCN(C(=O)c2cccs2)CC1. The molecule has 0 N–H and O–H groups in total. The first kappa shape index (κ1) is 21.3. The largest absolute Gasteiger partial charge is 0.338 e. The molecule has 1 aromatic carbocycles. The minimum Gasteiger partial charge on any atom is -0.338 e. The van der Waals surface area contributed by atoms with Crippen LogP contribution < -0.4 is 0 Å². The van der Waals surface area contributed by atoms with Gasteiger partial charge in [-0.05, 0) is 29.1 Å². The molecule has 2 amide bonds. The van der Waals surface area contributed by atoms with Crippen molar-refractivity contribution in [3.05, 3.63) is 57.2 Å². The zero-order valence-corrected chi connectivity index (χ0v) is 18.6. The molecule has 30 heavy (non-hydrogen) atoms. The van der Waals surface area contributed by atoms with E-state index in [4.69, 9.17) is 11.6 Å². The first-order valence-corrected chi connectivity index (χ1v) is 11.6. The Morgan fingerprint density at radius 2 is 1.47 bits per heavy atom. The number of halogens is 1. The molecular weight excluding hydrogens is 420 g/mol. The van der Waals surface area contributed by atoms with Gasteiger partial charge in [0.05, 0.1) is 11.4 Å². The molecule has 6 nitrogen and oxygen atoms in total. The van der Waals surface area contributed by atoms with Crippen LogP contribution in [0.4, 0.5) is 0 Å². The Labute approximate surface area is 186 Å². The number of benzene rings is 1. The van der Waals surface area contributed by atoms with Crippen LogP contribution in [0, 0.1) is 0 Å². The van der Waals surface area contributed by atoms with E-state index in [-0.39, 0.29) is 11.8 Å². The Morgan fingerprint density at radius 1 is 0.833 bits per heavy atom. The molecule has 0 unspecified atom stereocenters. The summed E-state index contributed by atoms with van der Waals surface area (Å²) in [7, 11) is 0. The number of amides is 2. The summed E-state index contributed by atoms with van der Waals surface area (Å²) in [6.07, 6.45) is 0. The molecule has 2 aliphatic rings. The monoisotopic (exact) mass is 446 g/mol. The van der Waals surface area contributed by atoms with Crippen LogP contribution in [-0.2, 0) is 11.3 Å². The van der Waals surface area contributed by atoms with Crippen LogP contribution in [0.15, 0.2) is 41.8 Å². The van der Waals surface area contributed by atoms with Crippen LogP contribution >= 0.6 is 22.9 Å². The molecule has 1 aromatic heterocycles. The van der Waals surface area contributed by atoms with Gasteiger partial charge in [0.25, 0.3) is 5.91 Å². The number of rotatable bonds is 5. The van der Waals surface area contributed by atoms with Crippen LogP contribution in [0.25, 0.3) is 0 Å². The zero-order chi connectivity index (χ0) is 20.9. The predicted molar refractivity (Wildman–Crippen MR) is 120 cm³/mol. The lowest BCUT2D eigenvalue weighted by Crippen LogP contribution is -2.54. The standard InChI is InChI=1S/C22H27ClN4O2S/c23-19-5-3-18(4-6-19)16-24-7-9-25(10-8-24)17-21(28)26-11-13-27(14-12-26)22(29)20-2-1-15-30-20/h1-6,15H,7-14,16-17H2. The Kier molecular flexibility index (Phi) is 7.04. The molecule has 4 rings (SSSR count). The van der Waals surface area contributed by atoms with Crippen molar-refractivity contribution >= 4 is 34.8 Å². The third-order valence-electron chi connectivity index (χ3n) is 5.79. The van der Waals surface area contributed by atoms with Crippen molar-refractivity contribution < 1.29 is 9.59 Å². The number of carbonyl (C=O) groups is 2. The first-order chi connectivity index (χ1) is 14.6. The second kappa shape index (κ2) is 9.92. The number of hydrogen-bond donors (Lipinski definition) is 0. The predicted octanol–water partition coefficient (Wildman–Crippen LogP) is 2.50. The fourth-order valence-electron chi connectivity index (χ4n) is 3.96. The smallest absolute Gasteiger partial charge is 0.264 e. The lowest BCUT2D eigenvalue weighted by Gasteiger charge is -2.38. The molecular formula is C22H27ClN4O2S. The molecule has 0 aliphatic carbocycles. The Bertz CT molecular complexity index is 843. The fraction of sp³-hybridized carbons (Fsp3) is 0.455. The summed E-state index contributed by atoms with van der Waals surface area (Å²) in [4.78, 5) is 34.4. The van der Waals surface area contributed by atoms with Crippen LogP contribution in [0.5, 0.6) is 0 Å². The second-order valence-corrected chi connectivity index (χ2v) is 9.21. The van der Waals surface area contributed by atoms with E-state index < -0.39 is 0 Å². The van der Waals surface area contributed by atoms with Gasteiger partial charge in [0, 0.05) is 63.9 Å². The molecule has 0 radical (unpaired) electrons. The van der Waals surface area contributed by atoms with Gasteiger partial charge in [-0.2, -0.15) is 0 Å². The molecule has 2 aromatic rings. The van der Waals surface area contributed by atoms with Gasteiger partial charge < -0.3 is 9.80 Å². The Balaban J connectivity index is 1.18. The van der Waals surface area contributed by atoms with Gasteiger partial charge in [-0.15, -0.1) is 11.3 Å². The fourth-order valence-corrected chi connectivity index (χ4v) is 4.78. The molecule has 2 fully saturated rings. The number of thiophene rings is 1. The van der Waals surface area contributed by atoms with Gasteiger partial charge in [0.2, 0.25) is 5.91 Å². The summed E-state index contributed by atoms with van der Waals surface area (Å²) >= 11 is 7.43. The summed E-state index contributed by atoms with van der Waals surface area (Å²) in [5.41, 5.74) is 1.26. The Hall–Kier alpha value is -1.93. The molecule has 3 heterocycles. The molecule has 0 saturated carbocycles. The van der Waals surface area contributed by atoms with Gasteiger partial charge in [-0.1, -0.05) is 29.8 Å². The van der Waals surface area contributed by atoms with Gasteiger partial charge in [-0.3, -0.25) is 19.4 Å². The number of carbonyl (C=O) groups excluding carboxylic acids is 2. The summed E-state index contributed by atoms with van der Waals surface area (Å²) in [5.74, 6) is 0.248. The maximum Gasteiger partial charge on any atom is 0.264 e. The zero-order valence-electron chi connectivity index (χ0n) is 17.0. The van der Waals surface area contributed by atoms with Gasteiger partial charge in [0.1, 0.15) is 0 Å². The van der Waals surface area contributed by atoms with Crippen molar-refractivity contribution in [3.63, 3.8) is 0 Å². The highest BCUT2D eigenvalue weighted by atomic mass is 35.5. The van der Waals surface area contributed by atoms with Crippen LogP contribution in [0.3, 0.4) is 0 Å². The molecule has 0 spiro atoms. The average molecular weight is 447 g/mol. The minimum absolute atomic E-state index is 0.0777. The number of piperazine rings is 2. The van der Waals surface area contributed by atoms with E-state index in [1.54, 1.807) is 0 Å². The first-order valence-electron chi connectivity index (χ1n) is 10.4. The molecule has 8 heteroatoms. The highest BCUT2D eigenvalue weighted by molar-refractivity contribution is 7.12. The van der Waals surface area contributed by atoms with Crippen molar-refractivity contribution in [2.45, 2.75) is 6.54 Å². The maximum atomic E-state index is 12.7. The van der Waals surface area contributed by atoms with Gasteiger partial charge >= 0.3 is 0 Å². The summed E-state index contributed by atoms with van der Waals surface area (Å²) in [6, 6.07) is 11.8. The number of nitrogens with zero attached hydrogens (tertiary/aromatic N) is 4. The lowest BCUT2D eigenvalue weighted by molar-refractivity contribution is -0.134. The van der Waals surface area contributed by atoms with E-state index in [9.17, 15) is 9.59 Å². The van der Waals surface area contributed by atoms with Crippen LogP contribution in [0.1, 0.15) is 15.2 Å². The molecule has 0 atom stereocenters. The van der Waals surface area contributed by atoms with Crippen molar-refractivity contribution in [1.29, 1.82) is 0 Å². The van der Waals surface area contributed by atoms with E-state index in [2.05, 4.69) is 21.9 Å². The maximum absolute atomic E-state index is 12.7. The van der Waals surface area contributed by atoms with E-state index >= 15 is 0 Å². The van der Waals surface area contributed by atoms with Crippen molar-refractivity contribution in [1.82, 2.24) is 19.6 Å². The summed E-state index contributed by atoms with van der Waals surface area (Å²) in [5, 5.41) is 2.68. The second-order valence-electron chi connectivity index (χ2n) is 7.83.